The van der Waals surface area contributed by atoms with E-state index in [-0.39, 0.29) is 0 Å². The summed E-state index contributed by atoms with van der Waals surface area (Å²) in [6.45, 7) is 6.89. The molecule has 0 aliphatic carbocycles. The molecule has 0 aromatic heterocycles. The van der Waals surface area contributed by atoms with Crippen LogP contribution >= 0.6 is 18.7 Å². The minimum atomic E-state index is -0.661. The van der Waals surface area contributed by atoms with Crippen molar-refractivity contribution in [3.05, 3.63) is 0 Å². The molecule has 0 spiro atoms. The summed E-state index contributed by atoms with van der Waals surface area (Å²) in [5.41, 5.74) is 0. The Bertz CT molecular complexity index is 48.4. The molecule has 0 aromatic rings. The Morgan fingerprint density at radius 1 is 1.62 bits per heavy atom. The zero-order chi connectivity index (χ0) is 6.57. The molecule has 0 N–H and O–H groups in total. The van der Waals surface area contributed by atoms with Gasteiger partial charge in [0.05, 0.1) is 6.61 Å². The molecule has 0 rings (SSSR count). The fraction of sp³-hybridized carbons (Fsp3) is 1.00. The van der Waals surface area contributed by atoms with E-state index in [1.54, 1.807) is 0 Å². The van der Waals surface area contributed by atoms with E-state index in [2.05, 4.69) is 13.8 Å². The van der Waals surface area contributed by atoms with Crippen LogP contribution in [0.15, 0.2) is 0 Å². The van der Waals surface area contributed by atoms with Crippen molar-refractivity contribution in [1.29, 1.82) is 0 Å². The molecule has 0 aliphatic heterocycles. The van der Waals surface area contributed by atoms with Crippen LogP contribution < -0.4 is 0 Å². The zero-order valence-corrected chi connectivity index (χ0v) is 7.17. The average Bonchev–Trinajstić information content (AvgIpc) is 1.61. The smallest absolute Gasteiger partial charge is 0.121 e. The maximum absolute atomic E-state index is 5.56. The van der Waals surface area contributed by atoms with Crippen LogP contribution in [0, 0.1) is 5.92 Å². The van der Waals surface area contributed by atoms with Crippen molar-refractivity contribution in [2.45, 2.75) is 13.8 Å². The van der Waals surface area contributed by atoms with E-state index in [9.17, 15) is 0 Å². The van der Waals surface area contributed by atoms with Crippen molar-refractivity contribution in [2.75, 3.05) is 13.3 Å². The molecule has 1 unspecified atom stereocenters. The molecule has 0 aliphatic rings. The van der Waals surface area contributed by atoms with Crippen LogP contribution in [0.4, 0.5) is 0 Å². The van der Waals surface area contributed by atoms with Crippen LogP contribution in [-0.2, 0) is 4.52 Å². The van der Waals surface area contributed by atoms with E-state index >= 15 is 0 Å². The fourth-order valence-electron chi connectivity index (χ4n) is 0.252. The number of hydrogen-bond donors (Lipinski definition) is 0. The molecule has 0 heterocycles. The Labute approximate surface area is 57.0 Å². The van der Waals surface area contributed by atoms with Gasteiger partial charge in [0, 0.05) is 0 Å². The Hall–Kier alpha value is 0.680. The third-order valence-electron chi connectivity index (χ3n) is 0.586. The van der Waals surface area contributed by atoms with Gasteiger partial charge in [-0.25, -0.2) is 0 Å². The van der Waals surface area contributed by atoms with Crippen molar-refractivity contribution >= 4 is 18.7 Å². The molecule has 0 saturated carbocycles. The van der Waals surface area contributed by atoms with Crippen LogP contribution in [0.3, 0.4) is 0 Å². The molecule has 1 atom stereocenters. The Balaban J connectivity index is 2.93. The van der Waals surface area contributed by atoms with Gasteiger partial charge in [0.1, 0.15) is 7.50 Å². The molecule has 8 heavy (non-hydrogen) atoms. The first-order chi connectivity index (χ1) is 3.63. The maximum Gasteiger partial charge on any atom is 0.121 e. The van der Waals surface area contributed by atoms with Crippen LogP contribution in [-0.4, -0.2) is 13.3 Å². The van der Waals surface area contributed by atoms with Gasteiger partial charge in [0.2, 0.25) is 0 Å². The monoisotopic (exact) mass is 154 g/mol. The largest absolute Gasteiger partial charge is 0.343 e. The Kier molecular flexibility index (Phi) is 4.94. The predicted octanol–water partition coefficient (Wildman–Crippen LogP) is 2.84. The molecule has 3 heteroatoms. The lowest BCUT2D eigenvalue weighted by molar-refractivity contribution is 0.305. The highest BCUT2D eigenvalue weighted by Crippen LogP contribution is 2.37. The van der Waals surface area contributed by atoms with E-state index in [0.29, 0.717) is 5.92 Å². The summed E-state index contributed by atoms with van der Waals surface area (Å²) in [6.07, 6.45) is 0. The minimum absolute atomic E-state index is 0.596. The van der Waals surface area contributed by atoms with Crippen molar-refractivity contribution in [1.82, 2.24) is 0 Å². The molecule has 0 aromatic carbocycles. The number of hydrogen-bond acceptors (Lipinski definition) is 1. The van der Waals surface area contributed by atoms with Gasteiger partial charge in [0.15, 0.2) is 0 Å². The Morgan fingerprint density at radius 2 is 2.12 bits per heavy atom. The summed E-state index contributed by atoms with van der Waals surface area (Å²) in [5.74, 6) is 0.596. The molecule has 0 radical (unpaired) electrons. The first kappa shape index (κ1) is 8.68. The summed E-state index contributed by atoms with van der Waals surface area (Å²) in [7, 11) is -0.661. The van der Waals surface area contributed by atoms with Crippen molar-refractivity contribution < 1.29 is 4.52 Å². The average molecular weight is 155 g/mol. The van der Waals surface area contributed by atoms with E-state index in [0.717, 1.165) is 6.61 Å². The maximum atomic E-state index is 5.56. The molecule has 0 amide bonds. The van der Waals surface area contributed by atoms with Crippen LogP contribution in [0.2, 0.25) is 0 Å². The highest BCUT2D eigenvalue weighted by molar-refractivity contribution is 7.79. The normalized spacial score (nSPS) is 14.6. The van der Waals surface area contributed by atoms with Crippen molar-refractivity contribution in [3.63, 3.8) is 0 Å². The predicted molar refractivity (Wildman–Crippen MR) is 39.5 cm³/mol. The second-order valence-corrected chi connectivity index (χ2v) is 4.64. The van der Waals surface area contributed by atoms with Gasteiger partial charge >= 0.3 is 0 Å². The summed E-state index contributed by atoms with van der Waals surface area (Å²) < 4.78 is 5.13. The molecule has 1 nitrogen and oxygen atoms in total. The second kappa shape index (κ2) is 4.55. The summed E-state index contributed by atoms with van der Waals surface area (Å²) in [4.78, 5) is 0. The van der Waals surface area contributed by atoms with Gasteiger partial charge in [-0.3, -0.25) is 0 Å². The molecule has 50 valence electrons. The lowest BCUT2D eigenvalue weighted by atomic mass is 10.2. The van der Waals surface area contributed by atoms with Crippen LogP contribution in [0.5, 0.6) is 0 Å². The van der Waals surface area contributed by atoms with E-state index in [4.69, 9.17) is 15.8 Å². The number of rotatable bonds is 3. The fourth-order valence-corrected chi connectivity index (χ4v) is 0.924. The summed E-state index contributed by atoms with van der Waals surface area (Å²) in [5, 5.41) is 0. The van der Waals surface area contributed by atoms with Gasteiger partial charge in [-0.1, -0.05) is 25.1 Å². The zero-order valence-electron chi connectivity index (χ0n) is 5.52. The molecular formula is C5H12ClOP. The van der Waals surface area contributed by atoms with E-state index < -0.39 is 7.50 Å². The highest BCUT2D eigenvalue weighted by atomic mass is 35.7. The summed E-state index contributed by atoms with van der Waals surface area (Å²) in [6, 6.07) is 0. The lowest BCUT2D eigenvalue weighted by Gasteiger charge is -2.06. The Morgan fingerprint density at radius 3 is 2.25 bits per heavy atom. The van der Waals surface area contributed by atoms with Crippen LogP contribution in [0.25, 0.3) is 0 Å². The number of halogens is 1. The summed E-state index contributed by atoms with van der Waals surface area (Å²) >= 11 is 5.56. The van der Waals surface area contributed by atoms with E-state index in [1.165, 1.54) is 0 Å². The van der Waals surface area contributed by atoms with Crippen molar-refractivity contribution in [3.8, 4) is 0 Å². The SMILES string of the molecule is CC(C)COP(C)Cl. The second-order valence-electron chi connectivity index (χ2n) is 2.11. The molecule has 0 fully saturated rings. The lowest BCUT2D eigenvalue weighted by Crippen LogP contribution is -1.95. The van der Waals surface area contributed by atoms with Gasteiger partial charge in [-0.15, -0.1) is 0 Å². The highest BCUT2D eigenvalue weighted by Gasteiger charge is 1.97. The van der Waals surface area contributed by atoms with Gasteiger partial charge in [-0.05, 0) is 12.6 Å². The first-order valence-corrected chi connectivity index (χ1v) is 5.26. The topological polar surface area (TPSA) is 9.23 Å². The quantitative estimate of drug-likeness (QED) is 0.568. The van der Waals surface area contributed by atoms with Gasteiger partial charge < -0.3 is 4.52 Å². The van der Waals surface area contributed by atoms with Crippen molar-refractivity contribution in [2.24, 2.45) is 5.92 Å². The standard InChI is InChI=1S/C5H12ClOP/c1-5(2)4-7-8(3)6/h5H,4H2,1-3H3. The third-order valence-corrected chi connectivity index (χ3v) is 1.38. The minimum Gasteiger partial charge on any atom is -0.343 e. The molecule has 0 bridgehead atoms. The van der Waals surface area contributed by atoms with E-state index in [1.807, 2.05) is 6.66 Å². The van der Waals surface area contributed by atoms with Crippen LogP contribution in [0.1, 0.15) is 13.8 Å². The first-order valence-electron chi connectivity index (χ1n) is 2.65. The molecular weight excluding hydrogens is 142 g/mol. The van der Waals surface area contributed by atoms with Gasteiger partial charge in [0.25, 0.3) is 0 Å². The third kappa shape index (κ3) is 6.68. The molecule has 0 saturated heterocycles. The van der Waals surface area contributed by atoms with Gasteiger partial charge in [-0.2, -0.15) is 0 Å².